The van der Waals surface area contributed by atoms with Gasteiger partial charge in [-0.3, -0.25) is 9.69 Å². The standard InChI is InChI=1S/C18H21ClN2O4/c1-11-15(19)6-5-7-16(11)20-17(22)10-21(3)9-13-8-14(12(2)25-13)18(23)24-4/h5-8H,9-10H2,1-4H3,(H,20,22). The molecule has 0 fully saturated rings. The number of rotatable bonds is 6. The van der Waals surface area contributed by atoms with E-state index in [1.165, 1.54) is 7.11 Å². The van der Waals surface area contributed by atoms with Gasteiger partial charge < -0.3 is 14.5 Å². The minimum Gasteiger partial charge on any atom is -0.465 e. The lowest BCUT2D eigenvalue weighted by molar-refractivity contribution is -0.117. The maximum Gasteiger partial charge on any atom is 0.341 e. The minimum absolute atomic E-state index is 0.163. The van der Waals surface area contributed by atoms with Crippen LogP contribution < -0.4 is 5.32 Å². The Labute approximate surface area is 151 Å². The highest BCUT2D eigenvalue weighted by Crippen LogP contribution is 2.23. The molecule has 0 aliphatic rings. The molecule has 0 unspecified atom stereocenters. The molecule has 25 heavy (non-hydrogen) atoms. The predicted molar refractivity (Wildman–Crippen MR) is 95.9 cm³/mol. The van der Waals surface area contributed by atoms with Crippen LogP contribution in [-0.4, -0.2) is 37.5 Å². The van der Waals surface area contributed by atoms with Gasteiger partial charge in [-0.05, 0) is 44.7 Å². The van der Waals surface area contributed by atoms with Crippen molar-refractivity contribution in [2.75, 3.05) is 26.0 Å². The molecular weight excluding hydrogens is 344 g/mol. The summed E-state index contributed by atoms with van der Waals surface area (Å²) in [6.07, 6.45) is 0. The molecule has 0 saturated carbocycles. The van der Waals surface area contributed by atoms with Gasteiger partial charge in [0.05, 0.1) is 20.2 Å². The zero-order valence-electron chi connectivity index (χ0n) is 14.7. The molecular formula is C18H21ClN2O4. The lowest BCUT2D eigenvalue weighted by atomic mass is 10.2. The van der Waals surface area contributed by atoms with Crippen molar-refractivity contribution in [2.24, 2.45) is 0 Å². The molecule has 7 heteroatoms. The molecule has 0 atom stereocenters. The van der Waals surface area contributed by atoms with E-state index in [4.69, 9.17) is 20.8 Å². The quantitative estimate of drug-likeness (QED) is 0.795. The highest BCUT2D eigenvalue weighted by Gasteiger charge is 2.17. The van der Waals surface area contributed by atoms with Gasteiger partial charge in [-0.15, -0.1) is 0 Å². The van der Waals surface area contributed by atoms with Gasteiger partial charge in [0.25, 0.3) is 0 Å². The van der Waals surface area contributed by atoms with Gasteiger partial charge >= 0.3 is 5.97 Å². The maximum absolute atomic E-state index is 12.2. The predicted octanol–water partition coefficient (Wildman–Crippen LogP) is 3.41. The first-order chi connectivity index (χ1) is 11.8. The zero-order chi connectivity index (χ0) is 18.6. The van der Waals surface area contributed by atoms with Gasteiger partial charge in [0.1, 0.15) is 17.1 Å². The van der Waals surface area contributed by atoms with Crippen LogP contribution in [0.25, 0.3) is 0 Å². The Morgan fingerprint density at radius 2 is 2.04 bits per heavy atom. The molecule has 1 heterocycles. The highest BCUT2D eigenvalue weighted by atomic mass is 35.5. The second-order valence-corrected chi connectivity index (χ2v) is 6.21. The molecule has 0 aliphatic carbocycles. The van der Waals surface area contributed by atoms with Crippen LogP contribution in [0.3, 0.4) is 0 Å². The average Bonchev–Trinajstić information content (AvgIpc) is 2.91. The summed E-state index contributed by atoms with van der Waals surface area (Å²) in [6.45, 7) is 4.10. The van der Waals surface area contributed by atoms with Crippen molar-refractivity contribution in [3.8, 4) is 0 Å². The van der Waals surface area contributed by atoms with Crippen molar-refractivity contribution < 1.29 is 18.7 Å². The number of amides is 1. The van der Waals surface area contributed by atoms with Gasteiger partial charge in [0.2, 0.25) is 5.91 Å². The van der Waals surface area contributed by atoms with Crippen molar-refractivity contribution in [2.45, 2.75) is 20.4 Å². The Kier molecular flexibility index (Phi) is 6.22. The Hall–Kier alpha value is -2.31. The third-order valence-electron chi connectivity index (χ3n) is 3.76. The second-order valence-electron chi connectivity index (χ2n) is 5.81. The van der Waals surface area contributed by atoms with E-state index in [1.54, 1.807) is 43.1 Å². The summed E-state index contributed by atoms with van der Waals surface area (Å²) in [4.78, 5) is 25.6. The summed E-state index contributed by atoms with van der Waals surface area (Å²) in [5.74, 6) is 0.482. The van der Waals surface area contributed by atoms with E-state index in [-0.39, 0.29) is 12.5 Å². The van der Waals surface area contributed by atoms with Crippen LogP contribution in [0.1, 0.15) is 27.4 Å². The molecule has 1 amide bonds. The molecule has 1 aromatic heterocycles. The SMILES string of the molecule is COC(=O)c1cc(CN(C)CC(=O)Nc2cccc(Cl)c2C)oc1C. The van der Waals surface area contributed by atoms with E-state index in [1.807, 2.05) is 6.92 Å². The molecule has 2 aromatic rings. The summed E-state index contributed by atoms with van der Waals surface area (Å²) in [5.41, 5.74) is 1.90. The van der Waals surface area contributed by atoms with Crippen LogP contribution in [0.4, 0.5) is 5.69 Å². The van der Waals surface area contributed by atoms with E-state index >= 15 is 0 Å². The van der Waals surface area contributed by atoms with Crippen LogP contribution in [-0.2, 0) is 16.1 Å². The summed E-state index contributed by atoms with van der Waals surface area (Å²) in [6, 6.07) is 7.00. The first-order valence-electron chi connectivity index (χ1n) is 7.73. The minimum atomic E-state index is -0.440. The summed E-state index contributed by atoms with van der Waals surface area (Å²) >= 11 is 6.05. The van der Waals surface area contributed by atoms with Crippen LogP contribution >= 0.6 is 11.6 Å². The Morgan fingerprint density at radius 1 is 1.32 bits per heavy atom. The van der Waals surface area contributed by atoms with Crippen LogP contribution in [0, 0.1) is 13.8 Å². The lowest BCUT2D eigenvalue weighted by Crippen LogP contribution is -2.29. The number of anilines is 1. The molecule has 2 rings (SSSR count). The van der Waals surface area contributed by atoms with Crippen LogP contribution in [0.5, 0.6) is 0 Å². The number of nitrogens with zero attached hydrogens (tertiary/aromatic N) is 1. The van der Waals surface area contributed by atoms with Crippen LogP contribution in [0.2, 0.25) is 5.02 Å². The number of likely N-dealkylation sites (N-methyl/N-ethyl adjacent to an activating group) is 1. The normalized spacial score (nSPS) is 10.8. The Morgan fingerprint density at radius 3 is 2.72 bits per heavy atom. The lowest BCUT2D eigenvalue weighted by Gasteiger charge is -2.16. The van der Waals surface area contributed by atoms with Gasteiger partial charge in [-0.25, -0.2) is 4.79 Å². The van der Waals surface area contributed by atoms with E-state index in [0.29, 0.717) is 34.3 Å². The number of furan rings is 1. The molecule has 0 spiro atoms. The van der Waals surface area contributed by atoms with E-state index in [0.717, 1.165) is 5.56 Å². The zero-order valence-corrected chi connectivity index (χ0v) is 15.4. The number of halogens is 1. The average molecular weight is 365 g/mol. The fourth-order valence-corrected chi connectivity index (χ4v) is 2.61. The molecule has 0 radical (unpaired) electrons. The Bertz CT molecular complexity index is 785. The number of benzene rings is 1. The van der Waals surface area contributed by atoms with Gasteiger partial charge in [0, 0.05) is 10.7 Å². The third kappa shape index (κ3) is 4.84. The fourth-order valence-electron chi connectivity index (χ4n) is 2.43. The summed E-state index contributed by atoms with van der Waals surface area (Å²) in [5, 5.41) is 3.45. The van der Waals surface area contributed by atoms with Gasteiger partial charge in [0.15, 0.2) is 0 Å². The van der Waals surface area contributed by atoms with E-state index < -0.39 is 5.97 Å². The van der Waals surface area contributed by atoms with Gasteiger partial charge in [-0.1, -0.05) is 17.7 Å². The third-order valence-corrected chi connectivity index (χ3v) is 4.16. The maximum atomic E-state index is 12.2. The number of methoxy groups -OCH3 is 1. The molecule has 0 saturated heterocycles. The van der Waals surface area contributed by atoms with E-state index in [9.17, 15) is 9.59 Å². The molecule has 0 bridgehead atoms. The number of nitrogens with one attached hydrogen (secondary N) is 1. The highest BCUT2D eigenvalue weighted by molar-refractivity contribution is 6.31. The van der Waals surface area contributed by atoms with Crippen molar-refractivity contribution in [3.63, 3.8) is 0 Å². The summed E-state index contributed by atoms with van der Waals surface area (Å²) < 4.78 is 10.3. The van der Waals surface area contributed by atoms with E-state index in [2.05, 4.69) is 5.32 Å². The number of carbonyl (C=O) groups excluding carboxylic acids is 2. The monoisotopic (exact) mass is 364 g/mol. The second kappa shape index (κ2) is 8.18. The molecule has 1 N–H and O–H groups in total. The molecule has 134 valence electrons. The first kappa shape index (κ1) is 19.0. The van der Waals surface area contributed by atoms with Crippen molar-refractivity contribution in [3.05, 3.63) is 51.9 Å². The number of hydrogen-bond donors (Lipinski definition) is 1. The summed E-state index contributed by atoms with van der Waals surface area (Å²) in [7, 11) is 3.11. The van der Waals surface area contributed by atoms with Crippen molar-refractivity contribution in [1.29, 1.82) is 0 Å². The number of ether oxygens (including phenoxy) is 1. The molecule has 6 nitrogen and oxygen atoms in total. The van der Waals surface area contributed by atoms with Crippen LogP contribution in [0.15, 0.2) is 28.7 Å². The first-order valence-corrected chi connectivity index (χ1v) is 8.10. The molecule has 0 aliphatic heterocycles. The molecule has 1 aromatic carbocycles. The number of aryl methyl sites for hydroxylation is 1. The van der Waals surface area contributed by atoms with Crippen molar-refractivity contribution >= 4 is 29.2 Å². The fraction of sp³-hybridized carbons (Fsp3) is 0.333. The smallest absolute Gasteiger partial charge is 0.341 e. The van der Waals surface area contributed by atoms with Gasteiger partial charge in [-0.2, -0.15) is 0 Å². The van der Waals surface area contributed by atoms with Crippen molar-refractivity contribution in [1.82, 2.24) is 4.90 Å². The number of carbonyl (C=O) groups is 2. The Balaban J connectivity index is 1.96. The largest absolute Gasteiger partial charge is 0.465 e. The number of hydrogen-bond acceptors (Lipinski definition) is 5. The topological polar surface area (TPSA) is 71.8 Å². The number of esters is 1.